The summed E-state index contributed by atoms with van der Waals surface area (Å²) >= 11 is 0. The Morgan fingerprint density at radius 3 is 2.58 bits per heavy atom. The molecule has 4 heteroatoms. The third-order valence-electron chi connectivity index (χ3n) is 2.99. The Kier molecular flexibility index (Phi) is 7.45. The van der Waals surface area contributed by atoms with Crippen LogP contribution in [0.15, 0.2) is 18.3 Å². The van der Waals surface area contributed by atoms with Gasteiger partial charge in [0.25, 0.3) is 0 Å². The molecule has 19 heavy (non-hydrogen) atoms. The number of pyridine rings is 1. The van der Waals surface area contributed by atoms with E-state index in [1.165, 1.54) is 12.0 Å². The monoisotopic (exact) mass is 264 g/mol. The molecule has 0 aliphatic heterocycles. The quantitative estimate of drug-likeness (QED) is 0.741. The van der Waals surface area contributed by atoms with Gasteiger partial charge < -0.3 is 10.2 Å². The molecule has 1 aromatic heterocycles. The van der Waals surface area contributed by atoms with Crippen LogP contribution >= 0.6 is 0 Å². The lowest BCUT2D eigenvalue weighted by Gasteiger charge is -2.23. The Bertz CT molecular complexity index is 352. The van der Waals surface area contributed by atoms with E-state index in [-0.39, 0.29) is 0 Å². The fourth-order valence-electron chi connectivity index (χ4n) is 2.04. The highest BCUT2D eigenvalue weighted by Crippen LogP contribution is 2.10. The van der Waals surface area contributed by atoms with Gasteiger partial charge in [-0.2, -0.15) is 0 Å². The standard InChI is InChI=1S/C15H28N4/c1-5-9-19(11-10-18(3)4)13-14-7-8-17-15(12-14)16-6-2/h7-8,12H,5-6,9-11,13H2,1-4H3,(H,16,17). The zero-order valence-electron chi connectivity index (χ0n) is 12.8. The molecule has 0 atom stereocenters. The molecule has 1 aromatic rings. The van der Waals surface area contributed by atoms with Crippen molar-refractivity contribution in [3.63, 3.8) is 0 Å². The van der Waals surface area contributed by atoms with Crippen LogP contribution in [0.5, 0.6) is 0 Å². The molecule has 4 nitrogen and oxygen atoms in total. The van der Waals surface area contributed by atoms with E-state index in [1.807, 2.05) is 6.20 Å². The molecule has 0 fully saturated rings. The molecule has 0 saturated heterocycles. The van der Waals surface area contributed by atoms with E-state index >= 15 is 0 Å². The second-order valence-corrected chi connectivity index (χ2v) is 5.16. The average Bonchev–Trinajstić information content (AvgIpc) is 2.37. The van der Waals surface area contributed by atoms with Crippen LogP contribution in [-0.4, -0.2) is 55.1 Å². The second kappa shape index (κ2) is 8.88. The summed E-state index contributed by atoms with van der Waals surface area (Å²) in [6.45, 7) is 9.60. The maximum absolute atomic E-state index is 4.32. The maximum atomic E-state index is 4.32. The van der Waals surface area contributed by atoms with Crippen LogP contribution in [0.25, 0.3) is 0 Å². The van der Waals surface area contributed by atoms with Gasteiger partial charge in [-0.05, 0) is 51.7 Å². The topological polar surface area (TPSA) is 31.4 Å². The number of nitrogens with one attached hydrogen (secondary N) is 1. The van der Waals surface area contributed by atoms with Crippen LogP contribution in [0.3, 0.4) is 0 Å². The lowest BCUT2D eigenvalue weighted by molar-refractivity contribution is 0.234. The Morgan fingerprint density at radius 1 is 1.16 bits per heavy atom. The first kappa shape index (κ1) is 15.9. The van der Waals surface area contributed by atoms with Gasteiger partial charge in [-0.3, -0.25) is 4.90 Å². The SMILES string of the molecule is CCCN(CCN(C)C)Cc1ccnc(NCC)c1. The summed E-state index contributed by atoms with van der Waals surface area (Å²) in [7, 11) is 4.25. The third-order valence-corrected chi connectivity index (χ3v) is 2.99. The number of aromatic nitrogens is 1. The molecule has 0 unspecified atom stereocenters. The normalized spacial score (nSPS) is 11.3. The molecule has 0 saturated carbocycles. The molecule has 0 aliphatic carbocycles. The first-order valence-electron chi connectivity index (χ1n) is 7.21. The third kappa shape index (κ3) is 6.55. The minimum atomic E-state index is 0.912. The lowest BCUT2D eigenvalue weighted by Crippen LogP contribution is -2.32. The number of nitrogens with zero attached hydrogens (tertiary/aromatic N) is 3. The Hall–Kier alpha value is -1.13. The minimum Gasteiger partial charge on any atom is -0.370 e. The molecule has 0 bridgehead atoms. The lowest BCUT2D eigenvalue weighted by atomic mass is 10.2. The Balaban J connectivity index is 2.59. The number of hydrogen-bond acceptors (Lipinski definition) is 4. The first-order chi connectivity index (χ1) is 9.15. The molecule has 0 spiro atoms. The smallest absolute Gasteiger partial charge is 0.126 e. The van der Waals surface area contributed by atoms with Gasteiger partial charge in [0.1, 0.15) is 5.82 Å². The summed E-state index contributed by atoms with van der Waals surface area (Å²) < 4.78 is 0. The molecule has 0 radical (unpaired) electrons. The highest BCUT2D eigenvalue weighted by atomic mass is 15.2. The van der Waals surface area contributed by atoms with Gasteiger partial charge in [0.15, 0.2) is 0 Å². The fraction of sp³-hybridized carbons (Fsp3) is 0.667. The van der Waals surface area contributed by atoms with Gasteiger partial charge in [-0.1, -0.05) is 6.92 Å². The highest BCUT2D eigenvalue weighted by molar-refractivity contribution is 5.37. The van der Waals surface area contributed by atoms with E-state index in [4.69, 9.17) is 0 Å². The summed E-state index contributed by atoms with van der Waals surface area (Å²) in [5, 5.41) is 3.27. The van der Waals surface area contributed by atoms with E-state index in [1.54, 1.807) is 0 Å². The van der Waals surface area contributed by atoms with Crippen LogP contribution in [0, 0.1) is 0 Å². The molecule has 0 aromatic carbocycles. The van der Waals surface area contributed by atoms with Crippen molar-refractivity contribution >= 4 is 5.82 Å². The first-order valence-corrected chi connectivity index (χ1v) is 7.21. The zero-order valence-corrected chi connectivity index (χ0v) is 12.8. The second-order valence-electron chi connectivity index (χ2n) is 5.16. The predicted octanol–water partition coefficient (Wildman–Crippen LogP) is 2.29. The van der Waals surface area contributed by atoms with Gasteiger partial charge >= 0.3 is 0 Å². The molecule has 0 amide bonds. The zero-order chi connectivity index (χ0) is 14.1. The van der Waals surface area contributed by atoms with Crippen molar-refractivity contribution in [3.05, 3.63) is 23.9 Å². The van der Waals surface area contributed by atoms with Crippen LogP contribution in [0.1, 0.15) is 25.8 Å². The van der Waals surface area contributed by atoms with Crippen molar-refractivity contribution in [2.24, 2.45) is 0 Å². The average molecular weight is 264 g/mol. The van der Waals surface area contributed by atoms with E-state index in [9.17, 15) is 0 Å². The van der Waals surface area contributed by atoms with Crippen LogP contribution < -0.4 is 5.32 Å². The van der Waals surface area contributed by atoms with E-state index < -0.39 is 0 Å². The van der Waals surface area contributed by atoms with Gasteiger partial charge in [0.2, 0.25) is 0 Å². The number of anilines is 1. The van der Waals surface area contributed by atoms with E-state index in [0.717, 1.165) is 38.5 Å². The molecular formula is C15H28N4. The van der Waals surface area contributed by atoms with Gasteiger partial charge in [-0.15, -0.1) is 0 Å². The number of likely N-dealkylation sites (N-methyl/N-ethyl adjacent to an activating group) is 1. The fourth-order valence-corrected chi connectivity index (χ4v) is 2.04. The molecule has 0 aliphatic rings. The van der Waals surface area contributed by atoms with Crippen LogP contribution in [0.2, 0.25) is 0 Å². The highest BCUT2D eigenvalue weighted by Gasteiger charge is 2.06. The molecule has 1 rings (SSSR count). The van der Waals surface area contributed by atoms with Crippen molar-refractivity contribution in [1.82, 2.24) is 14.8 Å². The van der Waals surface area contributed by atoms with E-state index in [0.29, 0.717) is 0 Å². The van der Waals surface area contributed by atoms with Crippen molar-refractivity contribution in [2.75, 3.05) is 45.6 Å². The number of hydrogen-bond donors (Lipinski definition) is 1. The molecule has 108 valence electrons. The molecule has 1 heterocycles. The van der Waals surface area contributed by atoms with E-state index in [2.05, 4.69) is 60.2 Å². The largest absolute Gasteiger partial charge is 0.370 e. The Labute approximate surface area is 117 Å². The van der Waals surface area contributed by atoms with Crippen molar-refractivity contribution in [3.8, 4) is 0 Å². The van der Waals surface area contributed by atoms with Crippen molar-refractivity contribution in [1.29, 1.82) is 0 Å². The van der Waals surface area contributed by atoms with Crippen molar-refractivity contribution in [2.45, 2.75) is 26.8 Å². The minimum absolute atomic E-state index is 0.912. The summed E-state index contributed by atoms with van der Waals surface area (Å²) in [6, 6.07) is 4.26. The van der Waals surface area contributed by atoms with Gasteiger partial charge in [0, 0.05) is 32.4 Å². The van der Waals surface area contributed by atoms with Gasteiger partial charge in [0.05, 0.1) is 0 Å². The summed E-state index contributed by atoms with van der Waals surface area (Å²) in [5.74, 6) is 0.976. The Morgan fingerprint density at radius 2 is 1.95 bits per heavy atom. The maximum Gasteiger partial charge on any atom is 0.126 e. The number of rotatable bonds is 9. The molecular weight excluding hydrogens is 236 g/mol. The van der Waals surface area contributed by atoms with Gasteiger partial charge in [-0.25, -0.2) is 4.98 Å². The van der Waals surface area contributed by atoms with Crippen LogP contribution in [0.4, 0.5) is 5.82 Å². The summed E-state index contributed by atoms with van der Waals surface area (Å²) in [5.41, 5.74) is 1.33. The van der Waals surface area contributed by atoms with Crippen LogP contribution in [-0.2, 0) is 6.54 Å². The van der Waals surface area contributed by atoms with Crippen molar-refractivity contribution < 1.29 is 0 Å². The summed E-state index contributed by atoms with van der Waals surface area (Å²) in [6.07, 6.45) is 3.09. The predicted molar refractivity (Wildman–Crippen MR) is 82.5 cm³/mol. The summed E-state index contributed by atoms with van der Waals surface area (Å²) in [4.78, 5) is 9.06. The molecule has 1 N–H and O–H groups in total.